The van der Waals surface area contributed by atoms with Crippen LogP contribution in [0.15, 0.2) is 22.6 Å². The van der Waals surface area contributed by atoms with Gasteiger partial charge in [-0.25, -0.2) is 9.78 Å². The molecule has 2 heterocycles. The Hall–Kier alpha value is -3.37. The summed E-state index contributed by atoms with van der Waals surface area (Å²) in [5.41, 5.74) is 1.95. The minimum absolute atomic E-state index is 0.0179. The fourth-order valence-corrected chi connectivity index (χ4v) is 3.37. The lowest BCUT2D eigenvalue weighted by Crippen LogP contribution is -2.32. The van der Waals surface area contributed by atoms with Crippen LogP contribution < -0.4 is 10.6 Å². The van der Waals surface area contributed by atoms with E-state index in [2.05, 4.69) is 20.8 Å². The molecule has 190 valence electrons. The van der Waals surface area contributed by atoms with E-state index in [1.165, 1.54) is 0 Å². The quantitative estimate of drug-likeness (QED) is 0.457. The molecule has 2 aromatic heterocycles. The number of alkyl halides is 3. The molecule has 0 unspecified atom stereocenters. The number of nitrogens with zero attached hydrogens (tertiary/aromatic N) is 3. The van der Waals surface area contributed by atoms with Gasteiger partial charge in [0.25, 0.3) is 5.89 Å². The molecule has 0 saturated carbocycles. The van der Waals surface area contributed by atoms with Gasteiger partial charge in [0.2, 0.25) is 5.89 Å². The van der Waals surface area contributed by atoms with E-state index >= 15 is 0 Å². The van der Waals surface area contributed by atoms with Crippen molar-refractivity contribution in [2.45, 2.75) is 72.2 Å². The van der Waals surface area contributed by atoms with E-state index in [1.54, 1.807) is 39.0 Å². The third kappa shape index (κ3) is 7.06. The fraction of sp³-hybridized carbons (Fsp3) is 0.500. The van der Waals surface area contributed by atoms with Crippen LogP contribution in [0, 0.1) is 6.92 Å². The summed E-state index contributed by atoms with van der Waals surface area (Å²) in [5.74, 6) is 0.336. The maximum atomic E-state index is 12.8. The first-order chi connectivity index (χ1) is 16.0. The molecule has 0 radical (unpaired) electrons. The number of ether oxygens (including phenoxy) is 1. The Balaban J connectivity index is 1.93. The number of pyridine rings is 1. The molecule has 8 nitrogen and oxygen atoms in total. The minimum atomic E-state index is -4.33. The first-order valence-corrected chi connectivity index (χ1v) is 11.1. The number of carbonyl (C=O) groups excluding carboxylic acids is 1. The molecule has 1 amide bonds. The molecular formula is C24H30F3N5O3. The number of alkyl carbamates (subject to hydrolysis) is 1. The molecule has 3 rings (SSSR count). The summed E-state index contributed by atoms with van der Waals surface area (Å²) in [5, 5.41) is 13.7. The van der Waals surface area contributed by atoms with Crippen molar-refractivity contribution < 1.29 is 27.1 Å². The summed E-state index contributed by atoms with van der Waals surface area (Å²) < 4.78 is 49.1. The van der Waals surface area contributed by atoms with Crippen molar-refractivity contribution in [2.75, 3.05) is 11.9 Å². The zero-order chi connectivity index (χ0) is 26.2. The van der Waals surface area contributed by atoms with Crippen molar-refractivity contribution in [1.82, 2.24) is 20.5 Å². The van der Waals surface area contributed by atoms with Crippen LogP contribution in [0.5, 0.6) is 0 Å². The third-order valence-corrected chi connectivity index (χ3v) is 4.89. The maximum absolute atomic E-state index is 12.8. The fourth-order valence-electron chi connectivity index (χ4n) is 3.37. The molecule has 35 heavy (non-hydrogen) atoms. The molecule has 1 aromatic carbocycles. The van der Waals surface area contributed by atoms with Gasteiger partial charge in [0, 0.05) is 11.1 Å². The van der Waals surface area contributed by atoms with Crippen LogP contribution >= 0.6 is 0 Å². The number of amides is 1. The van der Waals surface area contributed by atoms with Gasteiger partial charge in [-0.3, -0.25) is 0 Å². The van der Waals surface area contributed by atoms with Crippen LogP contribution in [-0.4, -0.2) is 39.6 Å². The maximum Gasteiger partial charge on any atom is 0.408 e. The smallest absolute Gasteiger partial charge is 0.408 e. The summed E-state index contributed by atoms with van der Waals surface area (Å²) >= 11 is 0. The van der Waals surface area contributed by atoms with Gasteiger partial charge in [-0.1, -0.05) is 20.8 Å². The van der Waals surface area contributed by atoms with Gasteiger partial charge in [0.05, 0.1) is 12.1 Å². The molecule has 0 atom stereocenters. The highest BCUT2D eigenvalue weighted by molar-refractivity contribution is 5.90. The second kappa shape index (κ2) is 9.35. The monoisotopic (exact) mass is 493 g/mol. The molecule has 0 bridgehead atoms. The predicted molar refractivity (Wildman–Crippen MR) is 126 cm³/mol. The molecule has 0 aliphatic heterocycles. The highest BCUT2D eigenvalue weighted by Gasteiger charge is 2.28. The molecule has 2 N–H and O–H groups in total. The Bertz CT molecular complexity index is 1220. The number of halogens is 3. The number of fused-ring (bicyclic) bond motifs is 1. The highest BCUT2D eigenvalue weighted by atomic mass is 19.4. The molecule has 0 fully saturated rings. The van der Waals surface area contributed by atoms with E-state index in [0.717, 1.165) is 16.5 Å². The standard InChI is InChI=1S/C24H30F3N5O3/c1-13-8-17(20-32-31-18(34-20)11-28-21(33)35-23(5,6)7)30-19-15(13)9-14(29-12-24(25,26)27)10-16(19)22(2,3)4/h8-10,29H,11-12H2,1-7H3,(H,28,33). The molecule has 3 aromatic rings. The number of rotatable bonds is 5. The van der Waals surface area contributed by atoms with E-state index in [9.17, 15) is 18.0 Å². The second-order valence-electron chi connectivity index (χ2n) is 10.3. The van der Waals surface area contributed by atoms with Crippen LogP contribution in [0.3, 0.4) is 0 Å². The van der Waals surface area contributed by atoms with E-state index in [0.29, 0.717) is 16.9 Å². The number of benzene rings is 1. The molecule has 0 spiro atoms. The van der Waals surface area contributed by atoms with Gasteiger partial charge in [-0.15, -0.1) is 10.2 Å². The number of hydrogen-bond acceptors (Lipinski definition) is 7. The van der Waals surface area contributed by atoms with Crippen LogP contribution in [-0.2, 0) is 16.7 Å². The summed E-state index contributed by atoms with van der Waals surface area (Å²) in [7, 11) is 0. The Morgan fingerprint density at radius 1 is 1.06 bits per heavy atom. The van der Waals surface area contributed by atoms with Gasteiger partial charge in [0.1, 0.15) is 17.8 Å². The van der Waals surface area contributed by atoms with Crippen molar-refractivity contribution >= 4 is 22.7 Å². The Kier molecular flexibility index (Phi) is 7.01. The zero-order valence-electron chi connectivity index (χ0n) is 20.8. The predicted octanol–water partition coefficient (Wildman–Crippen LogP) is 5.89. The summed E-state index contributed by atoms with van der Waals surface area (Å²) in [4.78, 5) is 16.6. The van der Waals surface area contributed by atoms with Gasteiger partial charge < -0.3 is 19.8 Å². The van der Waals surface area contributed by atoms with Gasteiger partial charge in [0.15, 0.2) is 0 Å². The molecule has 0 aliphatic carbocycles. The largest absolute Gasteiger partial charge is 0.444 e. The Labute approximate surface area is 201 Å². The number of aromatic nitrogens is 3. The van der Waals surface area contributed by atoms with Gasteiger partial charge in [-0.05, 0) is 62.4 Å². The van der Waals surface area contributed by atoms with Crippen molar-refractivity contribution in [3.63, 3.8) is 0 Å². The van der Waals surface area contributed by atoms with Crippen molar-refractivity contribution in [2.24, 2.45) is 0 Å². The van der Waals surface area contributed by atoms with E-state index in [-0.39, 0.29) is 18.3 Å². The van der Waals surface area contributed by atoms with Crippen molar-refractivity contribution in [3.8, 4) is 11.6 Å². The average molecular weight is 494 g/mol. The zero-order valence-corrected chi connectivity index (χ0v) is 20.8. The van der Waals surface area contributed by atoms with Crippen LogP contribution in [0.25, 0.3) is 22.5 Å². The minimum Gasteiger partial charge on any atom is -0.444 e. The normalized spacial score (nSPS) is 12.6. The lowest BCUT2D eigenvalue weighted by Gasteiger charge is -2.23. The van der Waals surface area contributed by atoms with Crippen molar-refractivity contribution in [3.05, 3.63) is 35.2 Å². The highest BCUT2D eigenvalue weighted by Crippen LogP contribution is 2.35. The number of carbonyl (C=O) groups is 1. The van der Waals surface area contributed by atoms with Crippen molar-refractivity contribution in [1.29, 1.82) is 0 Å². The lowest BCUT2D eigenvalue weighted by molar-refractivity contribution is -0.115. The van der Waals surface area contributed by atoms with Gasteiger partial charge in [-0.2, -0.15) is 13.2 Å². The van der Waals surface area contributed by atoms with Crippen LogP contribution in [0.2, 0.25) is 0 Å². The average Bonchev–Trinajstić information content (AvgIpc) is 3.17. The topological polar surface area (TPSA) is 102 Å². The van der Waals surface area contributed by atoms with Gasteiger partial charge >= 0.3 is 12.3 Å². The summed E-state index contributed by atoms with van der Waals surface area (Å²) in [6.07, 6.45) is -4.94. The third-order valence-electron chi connectivity index (χ3n) is 4.89. The van der Waals surface area contributed by atoms with E-state index < -0.39 is 29.8 Å². The Morgan fingerprint density at radius 2 is 1.74 bits per heavy atom. The number of nitrogens with one attached hydrogen (secondary N) is 2. The number of hydrogen-bond donors (Lipinski definition) is 2. The van der Waals surface area contributed by atoms with Crippen LogP contribution in [0.1, 0.15) is 58.6 Å². The molecule has 11 heteroatoms. The lowest BCUT2D eigenvalue weighted by atomic mass is 9.84. The summed E-state index contributed by atoms with van der Waals surface area (Å²) in [6, 6.07) is 5.08. The molecular weight excluding hydrogens is 463 g/mol. The molecule has 0 saturated heterocycles. The van der Waals surface area contributed by atoms with E-state index in [1.807, 2.05) is 27.7 Å². The number of aryl methyl sites for hydroxylation is 1. The SMILES string of the molecule is Cc1cc(-c2nnc(CNC(=O)OC(C)(C)C)o2)nc2c(C(C)(C)C)cc(NCC(F)(F)F)cc12. The number of anilines is 1. The second-order valence-corrected chi connectivity index (χ2v) is 10.3. The van der Waals surface area contributed by atoms with E-state index in [4.69, 9.17) is 14.1 Å². The first kappa shape index (κ1) is 26.2. The van der Waals surface area contributed by atoms with Crippen LogP contribution in [0.4, 0.5) is 23.7 Å². The first-order valence-electron chi connectivity index (χ1n) is 11.1. The Morgan fingerprint density at radius 3 is 2.34 bits per heavy atom. The molecule has 0 aliphatic rings. The summed E-state index contributed by atoms with van der Waals surface area (Å²) in [6.45, 7) is 11.9.